The lowest BCUT2D eigenvalue weighted by atomic mass is 10.0. The summed E-state index contributed by atoms with van der Waals surface area (Å²) < 4.78 is 5.04. The highest BCUT2D eigenvalue weighted by molar-refractivity contribution is 5.92. The third kappa shape index (κ3) is 2.35. The molecule has 0 saturated carbocycles. The van der Waals surface area contributed by atoms with Crippen LogP contribution in [-0.4, -0.2) is 52.6 Å². The molecule has 1 amide bonds. The van der Waals surface area contributed by atoms with Crippen LogP contribution in [0.4, 0.5) is 0 Å². The molecule has 0 aliphatic carbocycles. The highest BCUT2D eigenvalue weighted by atomic mass is 16.5. The van der Waals surface area contributed by atoms with Crippen molar-refractivity contribution in [3.63, 3.8) is 0 Å². The normalized spacial score (nSPS) is 27.4. The summed E-state index contributed by atoms with van der Waals surface area (Å²) in [5.41, 5.74) is 0.454. The third-order valence-electron chi connectivity index (χ3n) is 4.67. The van der Waals surface area contributed by atoms with Gasteiger partial charge in [0.05, 0.1) is 0 Å². The van der Waals surface area contributed by atoms with Gasteiger partial charge in [-0.1, -0.05) is 12.1 Å². The van der Waals surface area contributed by atoms with Crippen molar-refractivity contribution in [2.45, 2.75) is 51.6 Å². The third-order valence-corrected chi connectivity index (χ3v) is 4.67. The molecule has 1 aromatic heterocycles. The molecular formula is C15H23N3O2. The number of carbonyl (C=O) groups excluding carboxylic acids is 1. The van der Waals surface area contributed by atoms with Crippen molar-refractivity contribution in [1.82, 2.24) is 15.0 Å². The number of nitrogens with zero attached hydrogens (tertiary/aromatic N) is 3. The fourth-order valence-electron chi connectivity index (χ4n) is 3.74. The Morgan fingerprint density at radius 2 is 2.10 bits per heavy atom. The molecule has 0 N–H and O–H groups in total. The van der Waals surface area contributed by atoms with Crippen LogP contribution in [0.15, 0.2) is 10.6 Å². The van der Waals surface area contributed by atoms with Gasteiger partial charge in [0.1, 0.15) is 5.76 Å². The van der Waals surface area contributed by atoms with E-state index in [1.54, 1.807) is 6.07 Å². The van der Waals surface area contributed by atoms with Gasteiger partial charge in [-0.25, -0.2) is 0 Å². The van der Waals surface area contributed by atoms with Gasteiger partial charge >= 0.3 is 0 Å². The maximum atomic E-state index is 12.6. The number of likely N-dealkylation sites (tertiary alicyclic amines) is 2. The molecular weight excluding hydrogens is 254 g/mol. The molecule has 2 saturated heterocycles. The summed E-state index contributed by atoms with van der Waals surface area (Å²) in [6.45, 7) is 7.12. The van der Waals surface area contributed by atoms with Crippen molar-refractivity contribution in [1.29, 1.82) is 0 Å². The van der Waals surface area contributed by atoms with Gasteiger partial charge in [0.2, 0.25) is 0 Å². The Morgan fingerprint density at radius 3 is 2.80 bits per heavy atom. The van der Waals surface area contributed by atoms with Gasteiger partial charge in [0, 0.05) is 24.7 Å². The summed E-state index contributed by atoms with van der Waals surface area (Å²) in [6, 6.07) is 2.62. The van der Waals surface area contributed by atoms with Crippen molar-refractivity contribution in [3.05, 3.63) is 17.5 Å². The van der Waals surface area contributed by atoms with E-state index in [0.29, 0.717) is 23.5 Å². The lowest BCUT2D eigenvalue weighted by molar-refractivity contribution is 0.0640. The predicted molar refractivity (Wildman–Crippen MR) is 75.6 cm³/mol. The van der Waals surface area contributed by atoms with Crippen LogP contribution in [0, 0.1) is 6.92 Å². The van der Waals surface area contributed by atoms with Crippen LogP contribution in [0.1, 0.15) is 48.9 Å². The molecule has 2 aliphatic heterocycles. The number of aryl methyl sites for hydroxylation is 1. The zero-order valence-corrected chi connectivity index (χ0v) is 12.3. The molecule has 0 unspecified atom stereocenters. The van der Waals surface area contributed by atoms with Gasteiger partial charge in [0.25, 0.3) is 5.91 Å². The van der Waals surface area contributed by atoms with Gasteiger partial charge in [-0.3, -0.25) is 9.69 Å². The smallest absolute Gasteiger partial charge is 0.276 e. The molecule has 110 valence electrons. The van der Waals surface area contributed by atoms with E-state index in [0.717, 1.165) is 25.9 Å². The minimum Gasteiger partial charge on any atom is -0.361 e. The van der Waals surface area contributed by atoms with Crippen LogP contribution in [0.3, 0.4) is 0 Å². The number of hydrogen-bond acceptors (Lipinski definition) is 4. The van der Waals surface area contributed by atoms with E-state index in [1.807, 2.05) is 11.8 Å². The van der Waals surface area contributed by atoms with E-state index in [2.05, 4.69) is 17.0 Å². The second-order valence-corrected chi connectivity index (χ2v) is 5.87. The largest absolute Gasteiger partial charge is 0.361 e. The molecule has 1 aromatic rings. The molecule has 0 radical (unpaired) electrons. The van der Waals surface area contributed by atoms with Crippen LogP contribution >= 0.6 is 0 Å². The lowest BCUT2D eigenvalue weighted by Crippen LogP contribution is -2.48. The number of amides is 1. The standard InChI is InChI=1S/C15H23N3O2/c1-3-17-8-4-6-13(17)14-7-5-9-18(14)15(19)12-10-11(2)20-16-12/h10,13-14H,3-9H2,1-2H3/t13-,14+/m0/s1. The highest BCUT2D eigenvalue weighted by Crippen LogP contribution is 2.30. The van der Waals surface area contributed by atoms with Crippen molar-refractivity contribution < 1.29 is 9.32 Å². The Bertz CT molecular complexity index is 485. The fraction of sp³-hybridized carbons (Fsp3) is 0.733. The zero-order valence-electron chi connectivity index (χ0n) is 12.3. The number of rotatable bonds is 3. The number of aromatic nitrogens is 1. The van der Waals surface area contributed by atoms with E-state index in [4.69, 9.17) is 4.52 Å². The number of hydrogen-bond donors (Lipinski definition) is 0. The van der Waals surface area contributed by atoms with Crippen molar-refractivity contribution in [2.75, 3.05) is 19.6 Å². The summed E-state index contributed by atoms with van der Waals surface area (Å²) >= 11 is 0. The Hall–Kier alpha value is -1.36. The first kappa shape index (κ1) is 13.6. The first-order chi connectivity index (χ1) is 9.70. The quantitative estimate of drug-likeness (QED) is 0.848. The second-order valence-electron chi connectivity index (χ2n) is 5.87. The molecule has 2 aliphatic rings. The Balaban J connectivity index is 1.77. The van der Waals surface area contributed by atoms with Crippen LogP contribution < -0.4 is 0 Å². The van der Waals surface area contributed by atoms with E-state index >= 15 is 0 Å². The fourth-order valence-corrected chi connectivity index (χ4v) is 3.74. The van der Waals surface area contributed by atoms with Crippen LogP contribution in [0.2, 0.25) is 0 Å². The topological polar surface area (TPSA) is 49.6 Å². The maximum absolute atomic E-state index is 12.6. The molecule has 2 atom stereocenters. The number of carbonyl (C=O) groups is 1. The van der Waals surface area contributed by atoms with Crippen molar-refractivity contribution in [2.24, 2.45) is 0 Å². The summed E-state index contributed by atoms with van der Waals surface area (Å²) in [7, 11) is 0. The lowest BCUT2D eigenvalue weighted by Gasteiger charge is -2.34. The van der Waals surface area contributed by atoms with Gasteiger partial charge in [-0.05, 0) is 45.7 Å². The monoisotopic (exact) mass is 277 g/mol. The average molecular weight is 277 g/mol. The molecule has 2 fully saturated rings. The van der Waals surface area contributed by atoms with Crippen molar-refractivity contribution >= 4 is 5.91 Å². The average Bonchev–Trinajstić information content (AvgIpc) is 3.16. The molecule has 0 spiro atoms. The van der Waals surface area contributed by atoms with Crippen LogP contribution in [-0.2, 0) is 0 Å². The SMILES string of the molecule is CCN1CCC[C@H]1[C@H]1CCCN1C(=O)c1cc(C)on1. The van der Waals surface area contributed by atoms with Crippen LogP contribution in [0.5, 0.6) is 0 Å². The van der Waals surface area contributed by atoms with Gasteiger partial charge in [-0.2, -0.15) is 0 Å². The zero-order chi connectivity index (χ0) is 14.1. The predicted octanol–water partition coefficient (Wildman–Crippen LogP) is 2.07. The summed E-state index contributed by atoms with van der Waals surface area (Å²) in [5.74, 6) is 0.729. The van der Waals surface area contributed by atoms with E-state index in [1.165, 1.54) is 19.4 Å². The summed E-state index contributed by atoms with van der Waals surface area (Å²) in [6.07, 6.45) is 4.67. The van der Waals surface area contributed by atoms with E-state index in [9.17, 15) is 4.79 Å². The summed E-state index contributed by atoms with van der Waals surface area (Å²) in [4.78, 5) is 17.1. The van der Waals surface area contributed by atoms with Crippen molar-refractivity contribution in [3.8, 4) is 0 Å². The maximum Gasteiger partial charge on any atom is 0.276 e. The molecule has 20 heavy (non-hydrogen) atoms. The first-order valence-corrected chi connectivity index (χ1v) is 7.69. The molecule has 3 heterocycles. The Labute approximate surface area is 119 Å². The van der Waals surface area contributed by atoms with Crippen LogP contribution in [0.25, 0.3) is 0 Å². The van der Waals surface area contributed by atoms with E-state index in [-0.39, 0.29) is 5.91 Å². The molecule has 5 nitrogen and oxygen atoms in total. The van der Waals surface area contributed by atoms with Gasteiger partial charge in [-0.15, -0.1) is 0 Å². The minimum atomic E-state index is 0.0345. The summed E-state index contributed by atoms with van der Waals surface area (Å²) in [5, 5.41) is 3.88. The number of likely N-dealkylation sites (N-methyl/N-ethyl adjacent to an activating group) is 1. The van der Waals surface area contributed by atoms with E-state index < -0.39 is 0 Å². The highest BCUT2D eigenvalue weighted by Gasteiger charge is 2.39. The molecule has 0 bridgehead atoms. The molecule has 0 aromatic carbocycles. The van der Waals surface area contributed by atoms with Gasteiger partial charge < -0.3 is 9.42 Å². The first-order valence-electron chi connectivity index (χ1n) is 7.69. The Kier molecular flexibility index (Phi) is 3.78. The Morgan fingerprint density at radius 1 is 1.35 bits per heavy atom. The second kappa shape index (κ2) is 5.56. The molecule has 5 heteroatoms. The minimum absolute atomic E-state index is 0.0345. The van der Waals surface area contributed by atoms with Gasteiger partial charge in [0.15, 0.2) is 5.69 Å². The molecule has 3 rings (SSSR count).